The molecule has 3 heteroatoms. The van der Waals surface area contributed by atoms with Gasteiger partial charge in [-0.1, -0.05) is 44.2 Å². The molecule has 1 heterocycles. The average Bonchev–Trinajstić information content (AvgIpc) is 2.75. The predicted molar refractivity (Wildman–Crippen MR) is 73.3 cm³/mol. The lowest BCUT2D eigenvalue weighted by Crippen LogP contribution is -2.21. The summed E-state index contributed by atoms with van der Waals surface area (Å²) in [6.45, 7) is 5.24. The molecule has 0 aliphatic heterocycles. The lowest BCUT2D eigenvalue weighted by Gasteiger charge is -2.04. The normalized spacial score (nSPS) is 11.0. The number of hydrogen-bond acceptors (Lipinski definition) is 3. The topological polar surface area (TPSA) is 24.9 Å². The summed E-state index contributed by atoms with van der Waals surface area (Å²) >= 11 is 1.80. The van der Waals surface area contributed by atoms with E-state index in [1.165, 1.54) is 15.4 Å². The van der Waals surface area contributed by atoms with Crippen LogP contribution in [0.4, 0.5) is 0 Å². The molecule has 1 N–H and O–H groups in total. The lowest BCUT2D eigenvalue weighted by atomic mass is 10.2. The summed E-state index contributed by atoms with van der Waals surface area (Å²) in [6.07, 6.45) is 2.92. The maximum absolute atomic E-state index is 4.47. The Labute approximate surface area is 107 Å². The molecular weight excluding hydrogens is 228 g/mol. The Hall–Kier alpha value is -1.19. The minimum Gasteiger partial charge on any atom is -0.310 e. The van der Waals surface area contributed by atoms with Crippen LogP contribution in [0, 0.1) is 0 Å². The van der Waals surface area contributed by atoms with Crippen LogP contribution in [0.3, 0.4) is 0 Å². The number of nitrogens with zero attached hydrogens (tertiary/aromatic N) is 1. The molecule has 0 spiro atoms. The van der Waals surface area contributed by atoms with Gasteiger partial charge in [0.25, 0.3) is 0 Å². The summed E-state index contributed by atoms with van der Waals surface area (Å²) in [5, 5.41) is 4.60. The maximum atomic E-state index is 4.47. The van der Waals surface area contributed by atoms with Crippen molar-refractivity contribution in [1.82, 2.24) is 10.3 Å². The van der Waals surface area contributed by atoms with E-state index in [0.29, 0.717) is 6.04 Å². The molecule has 0 atom stereocenters. The van der Waals surface area contributed by atoms with Crippen LogP contribution in [0.1, 0.15) is 29.3 Å². The van der Waals surface area contributed by atoms with Gasteiger partial charge in [-0.3, -0.25) is 0 Å². The summed E-state index contributed by atoms with van der Waals surface area (Å²) in [6, 6.07) is 11.0. The Balaban J connectivity index is 1.94. The first-order chi connectivity index (χ1) is 8.24. The van der Waals surface area contributed by atoms with E-state index in [2.05, 4.69) is 48.4 Å². The van der Waals surface area contributed by atoms with Crippen molar-refractivity contribution in [1.29, 1.82) is 0 Å². The van der Waals surface area contributed by atoms with Gasteiger partial charge in [0.15, 0.2) is 0 Å². The molecule has 0 aliphatic carbocycles. The summed E-state index contributed by atoms with van der Waals surface area (Å²) < 4.78 is 0. The SMILES string of the molecule is CC(C)NCc1cnc(Cc2ccccc2)s1. The molecule has 0 radical (unpaired) electrons. The van der Waals surface area contributed by atoms with Crippen LogP contribution in [-0.4, -0.2) is 11.0 Å². The van der Waals surface area contributed by atoms with Crippen molar-refractivity contribution in [3.8, 4) is 0 Å². The van der Waals surface area contributed by atoms with Gasteiger partial charge in [-0.2, -0.15) is 0 Å². The quantitative estimate of drug-likeness (QED) is 0.876. The molecule has 0 fully saturated rings. The van der Waals surface area contributed by atoms with Crippen LogP contribution in [0.25, 0.3) is 0 Å². The van der Waals surface area contributed by atoms with Gasteiger partial charge in [0.05, 0.1) is 5.01 Å². The zero-order chi connectivity index (χ0) is 12.1. The first kappa shape index (κ1) is 12.3. The minimum absolute atomic E-state index is 0.523. The van der Waals surface area contributed by atoms with Crippen molar-refractivity contribution < 1.29 is 0 Å². The summed E-state index contributed by atoms with van der Waals surface area (Å²) in [4.78, 5) is 5.78. The fraction of sp³-hybridized carbons (Fsp3) is 0.357. The average molecular weight is 246 g/mol. The molecule has 0 saturated heterocycles. The largest absolute Gasteiger partial charge is 0.310 e. The first-order valence-electron chi connectivity index (χ1n) is 5.95. The van der Waals surface area contributed by atoms with E-state index in [9.17, 15) is 0 Å². The fourth-order valence-corrected chi connectivity index (χ4v) is 2.49. The Morgan fingerprint density at radius 1 is 1.24 bits per heavy atom. The minimum atomic E-state index is 0.523. The standard InChI is InChI=1S/C14H18N2S/c1-11(2)15-9-13-10-16-14(17-13)8-12-6-4-3-5-7-12/h3-7,10-11,15H,8-9H2,1-2H3. The van der Waals surface area contributed by atoms with Crippen LogP contribution < -0.4 is 5.32 Å². The number of hydrogen-bond donors (Lipinski definition) is 1. The highest BCUT2D eigenvalue weighted by molar-refractivity contribution is 7.11. The van der Waals surface area contributed by atoms with Crippen LogP contribution in [0.15, 0.2) is 36.5 Å². The van der Waals surface area contributed by atoms with E-state index >= 15 is 0 Å². The van der Waals surface area contributed by atoms with E-state index in [-0.39, 0.29) is 0 Å². The van der Waals surface area contributed by atoms with Crippen molar-refractivity contribution in [2.75, 3.05) is 0 Å². The number of aromatic nitrogens is 1. The highest BCUT2D eigenvalue weighted by Gasteiger charge is 2.03. The van der Waals surface area contributed by atoms with Crippen molar-refractivity contribution in [3.05, 3.63) is 52.0 Å². The third kappa shape index (κ3) is 3.95. The molecule has 2 aromatic rings. The van der Waals surface area contributed by atoms with Crippen LogP contribution in [-0.2, 0) is 13.0 Å². The molecule has 90 valence electrons. The third-order valence-electron chi connectivity index (χ3n) is 2.48. The molecule has 0 saturated carbocycles. The van der Waals surface area contributed by atoms with Crippen LogP contribution in [0.5, 0.6) is 0 Å². The molecule has 1 aromatic carbocycles. The highest BCUT2D eigenvalue weighted by Crippen LogP contribution is 2.16. The summed E-state index contributed by atoms with van der Waals surface area (Å²) in [5.74, 6) is 0. The van der Waals surface area contributed by atoms with Gasteiger partial charge in [0.2, 0.25) is 0 Å². The van der Waals surface area contributed by atoms with Gasteiger partial charge in [-0.05, 0) is 5.56 Å². The number of rotatable bonds is 5. The smallest absolute Gasteiger partial charge is 0.0971 e. The second-order valence-electron chi connectivity index (χ2n) is 4.42. The molecule has 1 aromatic heterocycles. The first-order valence-corrected chi connectivity index (χ1v) is 6.76. The van der Waals surface area contributed by atoms with Gasteiger partial charge in [-0.25, -0.2) is 4.98 Å². The second kappa shape index (κ2) is 5.94. The van der Waals surface area contributed by atoms with E-state index < -0.39 is 0 Å². The van der Waals surface area contributed by atoms with Gasteiger partial charge in [-0.15, -0.1) is 11.3 Å². The van der Waals surface area contributed by atoms with Gasteiger partial charge in [0.1, 0.15) is 0 Å². The second-order valence-corrected chi connectivity index (χ2v) is 5.62. The van der Waals surface area contributed by atoms with Crippen molar-refractivity contribution in [2.24, 2.45) is 0 Å². The molecular formula is C14H18N2S. The lowest BCUT2D eigenvalue weighted by molar-refractivity contribution is 0.593. The van der Waals surface area contributed by atoms with E-state index in [4.69, 9.17) is 0 Å². The number of nitrogens with one attached hydrogen (secondary N) is 1. The molecule has 2 rings (SSSR count). The van der Waals surface area contributed by atoms with Gasteiger partial charge >= 0.3 is 0 Å². The van der Waals surface area contributed by atoms with Crippen molar-refractivity contribution in [2.45, 2.75) is 32.9 Å². The third-order valence-corrected chi connectivity index (χ3v) is 3.48. The maximum Gasteiger partial charge on any atom is 0.0971 e. The molecule has 0 aliphatic rings. The van der Waals surface area contributed by atoms with Crippen LogP contribution >= 0.6 is 11.3 Å². The summed E-state index contributed by atoms with van der Waals surface area (Å²) in [7, 11) is 0. The number of benzene rings is 1. The number of thiazole rings is 1. The monoisotopic (exact) mass is 246 g/mol. The highest BCUT2D eigenvalue weighted by atomic mass is 32.1. The fourth-order valence-electron chi connectivity index (χ4n) is 1.59. The van der Waals surface area contributed by atoms with Crippen molar-refractivity contribution >= 4 is 11.3 Å². The van der Waals surface area contributed by atoms with Crippen LogP contribution in [0.2, 0.25) is 0 Å². The molecule has 17 heavy (non-hydrogen) atoms. The van der Waals surface area contributed by atoms with Gasteiger partial charge in [0, 0.05) is 30.1 Å². The Kier molecular flexibility index (Phi) is 4.29. The Morgan fingerprint density at radius 2 is 2.00 bits per heavy atom. The molecule has 0 unspecified atom stereocenters. The molecule has 2 nitrogen and oxygen atoms in total. The van der Waals surface area contributed by atoms with E-state index in [1.807, 2.05) is 12.3 Å². The Bertz CT molecular complexity index is 448. The predicted octanol–water partition coefficient (Wildman–Crippen LogP) is 3.23. The molecule has 0 amide bonds. The van der Waals surface area contributed by atoms with Crippen molar-refractivity contribution in [3.63, 3.8) is 0 Å². The van der Waals surface area contributed by atoms with E-state index in [1.54, 1.807) is 11.3 Å². The summed E-state index contributed by atoms with van der Waals surface area (Å²) in [5.41, 5.74) is 1.32. The zero-order valence-electron chi connectivity index (χ0n) is 10.3. The Morgan fingerprint density at radius 3 is 2.71 bits per heavy atom. The molecule has 0 bridgehead atoms. The van der Waals surface area contributed by atoms with E-state index in [0.717, 1.165) is 13.0 Å². The van der Waals surface area contributed by atoms with Gasteiger partial charge < -0.3 is 5.32 Å². The zero-order valence-corrected chi connectivity index (χ0v) is 11.1.